The number of nitrogens with zero attached hydrogens (tertiary/aromatic N) is 3. The van der Waals surface area contributed by atoms with E-state index in [1.807, 2.05) is 57.2 Å². The van der Waals surface area contributed by atoms with Gasteiger partial charge in [0.15, 0.2) is 11.2 Å². The number of benzene rings is 2. The fourth-order valence-corrected chi connectivity index (χ4v) is 3.84. The van der Waals surface area contributed by atoms with Gasteiger partial charge in [0.05, 0.1) is 17.6 Å². The summed E-state index contributed by atoms with van der Waals surface area (Å²) in [5, 5.41) is 10.0. The van der Waals surface area contributed by atoms with Crippen molar-refractivity contribution >= 4 is 17.1 Å². The van der Waals surface area contributed by atoms with Crippen LogP contribution in [-0.2, 0) is 11.2 Å². The second-order valence-corrected chi connectivity index (χ2v) is 8.34. The third-order valence-corrected chi connectivity index (χ3v) is 5.52. The van der Waals surface area contributed by atoms with Gasteiger partial charge in [0.25, 0.3) is 5.56 Å². The SMILES string of the molecule is CCOc1cc(-c2ccc3c(c2)CC(C)(C)C(=O)O3)ccc1-c1nc2[nH]nnc2c(=O)[nH]1. The maximum Gasteiger partial charge on any atom is 0.317 e. The Kier molecular flexibility index (Phi) is 4.54. The summed E-state index contributed by atoms with van der Waals surface area (Å²) in [4.78, 5) is 31.6. The van der Waals surface area contributed by atoms with Gasteiger partial charge in [-0.05, 0) is 68.1 Å². The normalized spacial score (nSPS) is 14.8. The number of carbonyl (C=O) groups is 1. The van der Waals surface area contributed by atoms with Gasteiger partial charge in [-0.1, -0.05) is 17.3 Å². The van der Waals surface area contributed by atoms with E-state index >= 15 is 0 Å². The molecule has 3 heterocycles. The molecule has 0 radical (unpaired) electrons. The number of nitrogens with one attached hydrogen (secondary N) is 2. The van der Waals surface area contributed by atoms with Crippen LogP contribution in [0.5, 0.6) is 11.5 Å². The minimum atomic E-state index is -0.566. The largest absolute Gasteiger partial charge is 0.493 e. The summed E-state index contributed by atoms with van der Waals surface area (Å²) in [7, 11) is 0. The highest BCUT2D eigenvalue weighted by atomic mass is 16.5. The van der Waals surface area contributed by atoms with Crippen molar-refractivity contribution in [3.63, 3.8) is 0 Å². The van der Waals surface area contributed by atoms with E-state index in [1.165, 1.54) is 0 Å². The van der Waals surface area contributed by atoms with Gasteiger partial charge >= 0.3 is 5.97 Å². The van der Waals surface area contributed by atoms with Crippen molar-refractivity contribution in [2.24, 2.45) is 5.41 Å². The summed E-state index contributed by atoms with van der Waals surface area (Å²) in [6.45, 7) is 6.10. The first-order valence-corrected chi connectivity index (χ1v) is 10.3. The Labute approximate surface area is 182 Å². The molecule has 0 saturated heterocycles. The molecule has 2 aromatic carbocycles. The molecule has 162 valence electrons. The molecule has 0 unspecified atom stereocenters. The number of aromatic nitrogens is 5. The summed E-state index contributed by atoms with van der Waals surface area (Å²) < 4.78 is 11.4. The highest BCUT2D eigenvalue weighted by Crippen LogP contribution is 2.39. The summed E-state index contributed by atoms with van der Waals surface area (Å²) in [5.74, 6) is 1.33. The van der Waals surface area contributed by atoms with E-state index in [0.717, 1.165) is 16.7 Å². The van der Waals surface area contributed by atoms with Crippen molar-refractivity contribution in [1.29, 1.82) is 0 Å². The molecule has 9 nitrogen and oxygen atoms in total. The Hall–Kier alpha value is -4.01. The van der Waals surface area contributed by atoms with Gasteiger partial charge in [-0.2, -0.15) is 0 Å². The molecule has 0 spiro atoms. The van der Waals surface area contributed by atoms with E-state index in [2.05, 4.69) is 25.4 Å². The lowest BCUT2D eigenvalue weighted by Gasteiger charge is -2.29. The van der Waals surface area contributed by atoms with Crippen LogP contribution in [0.1, 0.15) is 26.3 Å². The molecular weight excluding hydrogens is 410 g/mol. The molecule has 0 saturated carbocycles. The number of ether oxygens (including phenoxy) is 2. The molecule has 0 aliphatic carbocycles. The van der Waals surface area contributed by atoms with Crippen LogP contribution in [0.3, 0.4) is 0 Å². The minimum Gasteiger partial charge on any atom is -0.493 e. The molecule has 5 rings (SSSR count). The van der Waals surface area contributed by atoms with Crippen molar-refractivity contribution < 1.29 is 14.3 Å². The fourth-order valence-electron chi connectivity index (χ4n) is 3.84. The molecule has 32 heavy (non-hydrogen) atoms. The lowest BCUT2D eigenvalue weighted by Crippen LogP contribution is -2.35. The van der Waals surface area contributed by atoms with Gasteiger partial charge in [-0.25, -0.2) is 10.1 Å². The van der Waals surface area contributed by atoms with E-state index in [9.17, 15) is 9.59 Å². The van der Waals surface area contributed by atoms with Gasteiger partial charge in [0.2, 0.25) is 0 Å². The van der Waals surface area contributed by atoms with Gasteiger partial charge in [-0.3, -0.25) is 9.59 Å². The lowest BCUT2D eigenvalue weighted by atomic mass is 9.83. The van der Waals surface area contributed by atoms with Crippen molar-refractivity contribution in [3.05, 3.63) is 52.3 Å². The molecule has 2 aromatic heterocycles. The number of carbonyl (C=O) groups excluding carboxylic acids is 1. The summed E-state index contributed by atoms with van der Waals surface area (Å²) in [5.41, 5.74) is 3.06. The number of fused-ring (bicyclic) bond motifs is 2. The average Bonchev–Trinajstić information content (AvgIpc) is 3.23. The molecule has 9 heteroatoms. The van der Waals surface area contributed by atoms with Crippen molar-refractivity contribution in [3.8, 4) is 34.0 Å². The molecule has 4 aromatic rings. The van der Waals surface area contributed by atoms with Crippen molar-refractivity contribution in [1.82, 2.24) is 25.4 Å². The Morgan fingerprint density at radius 1 is 1.12 bits per heavy atom. The zero-order chi connectivity index (χ0) is 22.5. The molecular formula is C23H21N5O4. The first-order chi connectivity index (χ1) is 15.4. The third kappa shape index (κ3) is 3.31. The Bertz CT molecular complexity index is 1420. The van der Waals surface area contributed by atoms with Gasteiger partial charge in [0, 0.05) is 0 Å². The predicted octanol–water partition coefficient (Wildman–Crippen LogP) is 3.26. The number of H-pyrrole nitrogens is 2. The maximum absolute atomic E-state index is 12.3. The third-order valence-electron chi connectivity index (χ3n) is 5.52. The van der Waals surface area contributed by atoms with E-state index in [1.54, 1.807) is 0 Å². The smallest absolute Gasteiger partial charge is 0.317 e. The van der Waals surface area contributed by atoms with Gasteiger partial charge in [-0.15, -0.1) is 5.10 Å². The monoisotopic (exact) mass is 431 g/mol. The van der Waals surface area contributed by atoms with Gasteiger partial charge < -0.3 is 14.5 Å². The standard InChI is InChI=1S/C23H21N5O4/c1-4-31-17-10-13(12-6-8-16-14(9-12)11-23(2,3)22(30)32-16)5-7-15(17)19-24-20-18(21(29)25-19)26-28-27-20/h5-10H,4,11H2,1-3H3,(H2,24,25,26,27,28,29). The molecule has 1 aliphatic heterocycles. The molecule has 1 aliphatic rings. The molecule has 0 fully saturated rings. The summed E-state index contributed by atoms with van der Waals surface area (Å²) in [6.07, 6.45) is 0.606. The van der Waals surface area contributed by atoms with Crippen LogP contribution in [0, 0.1) is 5.41 Å². The number of hydrogen-bond donors (Lipinski definition) is 2. The van der Waals surface area contributed by atoms with Crippen LogP contribution < -0.4 is 15.0 Å². The van der Waals surface area contributed by atoms with E-state index in [0.29, 0.717) is 41.6 Å². The van der Waals surface area contributed by atoms with Crippen molar-refractivity contribution in [2.45, 2.75) is 27.2 Å². The lowest BCUT2D eigenvalue weighted by molar-refractivity contribution is -0.145. The van der Waals surface area contributed by atoms with Crippen LogP contribution in [0.4, 0.5) is 0 Å². The van der Waals surface area contributed by atoms with E-state index < -0.39 is 5.41 Å². The molecule has 0 amide bonds. The van der Waals surface area contributed by atoms with E-state index in [-0.39, 0.29) is 17.0 Å². The number of rotatable bonds is 4. The number of aromatic amines is 2. The number of esters is 1. The summed E-state index contributed by atoms with van der Waals surface area (Å²) >= 11 is 0. The highest BCUT2D eigenvalue weighted by Gasteiger charge is 2.35. The van der Waals surface area contributed by atoms with Crippen molar-refractivity contribution in [2.75, 3.05) is 6.61 Å². The quantitative estimate of drug-likeness (QED) is 0.375. The van der Waals surface area contributed by atoms with Crippen LogP contribution in [-0.4, -0.2) is 38.0 Å². The highest BCUT2D eigenvalue weighted by molar-refractivity contribution is 5.82. The fraction of sp³-hybridized carbons (Fsp3) is 0.261. The molecule has 0 atom stereocenters. The predicted molar refractivity (Wildman–Crippen MR) is 117 cm³/mol. The Balaban J connectivity index is 1.58. The maximum atomic E-state index is 12.3. The Morgan fingerprint density at radius 2 is 1.91 bits per heavy atom. The Morgan fingerprint density at radius 3 is 2.72 bits per heavy atom. The zero-order valence-electron chi connectivity index (χ0n) is 17.9. The van der Waals surface area contributed by atoms with Crippen LogP contribution >= 0.6 is 0 Å². The van der Waals surface area contributed by atoms with Crippen LogP contribution in [0.25, 0.3) is 33.7 Å². The summed E-state index contributed by atoms with van der Waals surface area (Å²) in [6, 6.07) is 11.5. The minimum absolute atomic E-state index is 0.154. The first kappa shape index (κ1) is 19.9. The van der Waals surface area contributed by atoms with Crippen LogP contribution in [0.15, 0.2) is 41.2 Å². The second kappa shape index (κ2) is 7.30. The first-order valence-electron chi connectivity index (χ1n) is 10.3. The van der Waals surface area contributed by atoms with Crippen LogP contribution in [0.2, 0.25) is 0 Å². The number of hydrogen-bond acceptors (Lipinski definition) is 7. The molecule has 0 bridgehead atoms. The zero-order valence-corrected chi connectivity index (χ0v) is 17.9. The molecule has 2 N–H and O–H groups in total. The van der Waals surface area contributed by atoms with Gasteiger partial charge in [0.1, 0.15) is 17.3 Å². The topological polar surface area (TPSA) is 123 Å². The van der Waals surface area contributed by atoms with E-state index in [4.69, 9.17) is 9.47 Å². The average molecular weight is 431 g/mol. The second-order valence-electron chi connectivity index (χ2n) is 8.34.